The van der Waals surface area contributed by atoms with Gasteiger partial charge in [-0.25, -0.2) is 4.68 Å². The molecule has 0 radical (unpaired) electrons. The Morgan fingerprint density at radius 1 is 1.19 bits per heavy atom. The Balaban J connectivity index is 1.93. The van der Waals surface area contributed by atoms with Crippen LogP contribution in [0.4, 0.5) is 5.95 Å². The van der Waals surface area contributed by atoms with E-state index in [9.17, 15) is 4.79 Å². The molecule has 1 aromatic carbocycles. The van der Waals surface area contributed by atoms with Gasteiger partial charge in [-0.3, -0.25) is 9.78 Å². The van der Waals surface area contributed by atoms with Gasteiger partial charge >= 0.3 is 0 Å². The quantitative estimate of drug-likeness (QED) is 0.778. The zero-order chi connectivity index (χ0) is 19.1. The summed E-state index contributed by atoms with van der Waals surface area (Å²) in [5, 5.41) is 4.87. The fourth-order valence-corrected chi connectivity index (χ4v) is 2.94. The van der Waals surface area contributed by atoms with Crippen LogP contribution < -0.4 is 10.5 Å². The summed E-state index contributed by atoms with van der Waals surface area (Å²) < 4.78 is 1.80. The van der Waals surface area contributed by atoms with Crippen molar-refractivity contribution in [2.75, 3.05) is 11.9 Å². The van der Waals surface area contributed by atoms with Crippen LogP contribution in [0.3, 0.4) is 0 Å². The average Bonchev–Trinajstić information content (AvgIpc) is 3.00. The first-order chi connectivity index (χ1) is 12.2. The molecule has 0 bridgehead atoms. The van der Waals surface area contributed by atoms with E-state index in [0.29, 0.717) is 29.4 Å². The van der Waals surface area contributed by atoms with Crippen molar-refractivity contribution in [3.05, 3.63) is 51.9 Å². The Labute approximate surface area is 153 Å². The topological polar surface area (TPSA) is 66.8 Å². The normalized spacial score (nSPS) is 12.1. The van der Waals surface area contributed by atoms with E-state index in [1.807, 2.05) is 32.7 Å². The van der Waals surface area contributed by atoms with Gasteiger partial charge in [-0.05, 0) is 37.8 Å². The molecule has 1 N–H and O–H groups in total. The zero-order valence-corrected chi connectivity index (χ0v) is 16.4. The maximum atomic E-state index is 12.4. The standard InChI is InChI=1S/C20H27N5O/c1-13(2)15-9-7-14(8-10-15)12-24(6)19-22-17-16(18(26)23-19)11-21-25(17)20(3,4)5/h7-11,13H,12H2,1-6H3,(H,22,23,26). The molecule has 2 heterocycles. The number of benzene rings is 1. The number of rotatable bonds is 4. The Bertz CT molecular complexity index is 961. The number of aromatic nitrogens is 4. The van der Waals surface area contributed by atoms with Gasteiger partial charge in [0.1, 0.15) is 5.39 Å². The van der Waals surface area contributed by atoms with Crippen LogP contribution in [0.25, 0.3) is 11.0 Å². The second-order valence-electron chi connectivity index (χ2n) is 8.11. The van der Waals surface area contributed by atoms with E-state index in [2.05, 4.69) is 53.2 Å². The van der Waals surface area contributed by atoms with E-state index in [0.717, 1.165) is 0 Å². The average molecular weight is 353 g/mol. The third kappa shape index (κ3) is 3.49. The highest BCUT2D eigenvalue weighted by Gasteiger charge is 2.20. The first-order valence-corrected chi connectivity index (χ1v) is 8.95. The molecular formula is C20H27N5O. The molecule has 0 amide bonds. The third-order valence-electron chi connectivity index (χ3n) is 4.49. The molecule has 3 rings (SSSR count). The lowest BCUT2D eigenvalue weighted by Gasteiger charge is -2.21. The minimum Gasteiger partial charge on any atom is -0.341 e. The molecule has 0 atom stereocenters. The summed E-state index contributed by atoms with van der Waals surface area (Å²) >= 11 is 0. The SMILES string of the molecule is CC(C)c1ccc(CN(C)c2nc3c(cnn3C(C)(C)C)c(=O)[nH]2)cc1. The van der Waals surface area contributed by atoms with Crippen LogP contribution in [0.15, 0.2) is 35.3 Å². The summed E-state index contributed by atoms with van der Waals surface area (Å²) in [4.78, 5) is 21.9. The van der Waals surface area contributed by atoms with Crippen molar-refractivity contribution in [2.24, 2.45) is 0 Å². The molecule has 0 unspecified atom stereocenters. The smallest absolute Gasteiger partial charge is 0.263 e. The van der Waals surface area contributed by atoms with Crippen molar-refractivity contribution in [3.63, 3.8) is 0 Å². The van der Waals surface area contributed by atoms with E-state index < -0.39 is 0 Å². The fraction of sp³-hybridized carbons (Fsp3) is 0.450. The summed E-state index contributed by atoms with van der Waals surface area (Å²) in [5.74, 6) is 1.06. The van der Waals surface area contributed by atoms with Crippen LogP contribution in [-0.4, -0.2) is 26.8 Å². The minimum absolute atomic E-state index is 0.164. The Kier molecular flexibility index (Phi) is 4.61. The van der Waals surface area contributed by atoms with Crippen LogP contribution in [0.5, 0.6) is 0 Å². The van der Waals surface area contributed by atoms with Gasteiger partial charge in [0.25, 0.3) is 5.56 Å². The van der Waals surface area contributed by atoms with Crippen molar-refractivity contribution in [2.45, 2.75) is 52.6 Å². The van der Waals surface area contributed by atoms with E-state index in [1.54, 1.807) is 10.9 Å². The molecule has 0 spiro atoms. The summed E-state index contributed by atoms with van der Waals surface area (Å²) in [5.41, 5.74) is 2.69. The molecule has 26 heavy (non-hydrogen) atoms. The van der Waals surface area contributed by atoms with Crippen LogP contribution in [0, 0.1) is 0 Å². The van der Waals surface area contributed by atoms with Crippen molar-refractivity contribution >= 4 is 17.0 Å². The molecule has 0 saturated carbocycles. The number of hydrogen-bond donors (Lipinski definition) is 1. The molecule has 0 aliphatic rings. The summed E-state index contributed by atoms with van der Waals surface area (Å²) in [6.45, 7) is 11.2. The van der Waals surface area contributed by atoms with Gasteiger partial charge in [-0.2, -0.15) is 10.1 Å². The van der Waals surface area contributed by atoms with E-state index >= 15 is 0 Å². The number of aromatic amines is 1. The van der Waals surface area contributed by atoms with Crippen LogP contribution in [0.1, 0.15) is 51.7 Å². The number of fused-ring (bicyclic) bond motifs is 1. The molecule has 3 aromatic rings. The highest BCUT2D eigenvalue weighted by atomic mass is 16.1. The predicted octanol–water partition coefficient (Wildman–Crippen LogP) is 3.63. The fourth-order valence-electron chi connectivity index (χ4n) is 2.94. The first-order valence-electron chi connectivity index (χ1n) is 8.95. The Morgan fingerprint density at radius 2 is 1.85 bits per heavy atom. The van der Waals surface area contributed by atoms with E-state index in [1.165, 1.54) is 11.1 Å². The Hall–Kier alpha value is -2.63. The highest BCUT2D eigenvalue weighted by molar-refractivity contribution is 5.74. The molecule has 0 fully saturated rings. The zero-order valence-electron chi connectivity index (χ0n) is 16.4. The lowest BCUT2D eigenvalue weighted by atomic mass is 10.0. The second kappa shape index (κ2) is 6.59. The number of nitrogens with zero attached hydrogens (tertiary/aromatic N) is 4. The van der Waals surface area contributed by atoms with Gasteiger partial charge in [0.05, 0.1) is 11.7 Å². The molecule has 0 aliphatic heterocycles. The predicted molar refractivity (Wildman–Crippen MR) is 106 cm³/mol. The molecule has 0 saturated heterocycles. The Morgan fingerprint density at radius 3 is 2.42 bits per heavy atom. The lowest BCUT2D eigenvalue weighted by molar-refractivity contribution is 0.366. The van der Waals surface area contributed by atoms with E-state index in [-0.39, 0.29) is 11.1 Å². The lowest BCUT2D eigenvalue weighted by Crippen LogP contribution is -2.26. The molecular weight excluding hydrogens is 326 g/mol. The van der Waals surface area contributed by atoms with Crippen LogP contribution in [0.2, 0.25) is 0 Å². The molecule has 138 valence electrons. The molecule has 0 aliphatic carbocycles. The van der Waals surface area contributed by atoms with Gasteiger partial charge in [0.2, 0.25) is 5.95 Å². The largest absolute Gasteiger partial charge is 0.341 e. The monoisotopic (exact) mass is 353 g/mol. The maximum absolute atomic E-state index is 12.4. The number of nitrogens with one attached hydrogen (secondary N) is 1. The van der Waals surface area contributed by atoms with Crippen molar-refractivity contribution in [1.29, 1.82) is 0 Å². The number of H-pyrrole nitrogens is 1. The van der Waals surface area contributed by atoms with Crippen molar-refractivity contribution in [3.8, 4) is 0 Å². The highest BCUT2D eigenvalue weighted by Crippen LogP contribution is 2.20. The minimum atomic E-state index is -0.245. The third-order valence-corrected chi connectivity index (χ3v) is 4.49. The number of hydrogen-bond acceptors (Lipinski definition) is 4. The van der Waals surface area contributed by atoms with Crippen molar-refractivity contribution in [1.82, 2.24) is 19.7 Å². The summed E-state index contributed by atoms with van der Waals surface area (Å²) in [6.07, 6.45) is 1.58. The van der Waals surface area contributed by atoms with Crippen LogP contribution >= 0.6 is 0 Å². The molecule has 6 nitrogen and oxygen atoms in total. The first kappa shape index (κ1) is 18.2. The van der Waals surface area contributed by atoms with Crippen LogP contribution in [-0.2, 0) is 12.1 Å². The number of anilines is 1. The van der Waals surface area contributed by atoms with Gasteiger partial charge in [-0.1, -0.05) is 38.1 Å². The summed E-state index contributed by atoms with van der Waals surface area (Å²) in [7, 11) is 1.93. The van der Waals surface area contributed by atoms with Gasteiger partial charge in [0.15, 0.2) is 5.65 Å². The van der Waals surface area contributed by atoms with Gasteiger partial charge < -0.3 is 4.90 Å². The molecule has 2 aromatic heterocycles. The maximum Gasteiger partial charge on any atom is 0.263 e. The molecule has 6 heteroatoms. The second-order valence-corrected chi connectivity index (χ2v) is 8.11. The van der Waals surface area contributed by atoms with Gasteiger partial charge in [0, 0.05) is 13.6 Å². The van der Waals surface area contributed by atoms with Gasteiger partial charge in [-0.15, -0.1) is 0 Å². The van der Waals surface area contributed by atoms with E-state index in [4.69, 9.17) is 0 Å². The summed E-state index contributed by atoms with van der Waals surface area (Å²) in [6, 6.07) is 8.56. The van der Waals surface area contributed by atoms with Crippen molar-refractivity contribution < 1.29 is 0 Å².